The minimum atomic E-state index is -0.507. The monoisotopic (exact) mass is 445 g/mol. The van der Waals surface area contributed by atoms with Crippen molar-refractivity contribution in [2.24, 2.45) is 0 Å². The summed E-state index contributed by atoms with van der Waals surface area (Å²) in [7, 11) is 0. The number of anilines is 3. The van der Waals surface area contributed by atoms with Crippen LogP contribution in [-0.2, 0) is 4.79 Å². The van der Waals surface area contributed by atoms with Crippen LogP contribution >= 0.6 is 23.1 Å². The predicted molar refractivity (Wildman–Crippen MR) is 118 cm³/mol. The molecule has 3 aromatic rings. The number of nitro benzene ring substituents is 1. The van der Waals surface area contributed by atoms with E-state index >= 15 is 0 Å². The Labute approximate surface area is 181 Å². The van der Waals surface area contributed by atoms with Crippen LogP contribution in [0, 0.1) is 10.1 Å². The highest BCUT2D eigenvalue weighted by atomic mass is 32.2. The third-order valence-electron chi connectivity index (χ3n) is 3.81. The highest BCUT2D eigenvalue weighted by Crippen LogP contribution is 2.33. The number of benzene rings is 2. The zero-order valence-electron chi connectivity index (χ0n) is 16.2. The van der Waals surface area contributed by atoms with Crippen molar-refractivity contribution in [3.8, 4) is 5.75 Å². The molecule has 156 valence electrons. The summed E-state index contributed by atoms with van der Waals surface area (Å²) in [5.41, 5.74) is 1.07. The molecule has 9 nitrogen and oxygen atoms in total. The summed E-state index contributed by atoms with van der Waals surface area (Å²) in [4.78, 5) is 22.8. The Morgan fingerprint density at radius 3 is 2.83 bits per heavy atom. The van der Waals surface area contributed by atoms with E-state index < -0.39 is 10.2 Å². The van der Waals surface area contributed by atoms with Crippen molar-refractivity contribution < 1.29 is 14.5 Å². The fraction of sp³-hybridized carbons (Fsp3) is 0.211. The van der Waals surface area contributed by atoms with Gasteiger partial charge in [-0.2, -0.15) is 0 Å². The number of carbonyl (C=O) groups excluding carboxylic acids is 1. The number of thioether (sulfide) groups is 1. The van der Waals surface area contributed by atoms with Crippen molar-refractivity contribution in [2.45, 2.75) is 23.4 Å². The maximum absolute atomic E-state index is 12.4. The lowest BCUT2D eigenvalue weighted by Gasteiger charge is -2.10. The molecule has 0 spiro atoms. The minimum absolute atomic E-state index is 0.0831. The van der Waals surface area contributed by atoms with Gasteiger partial charge < -0.3 is 15.4 Å². The van der Waals surface area contributed by atoms with E-state index in [0.29, 0.717) is 27.5 Å². The fourth-order valence-electron chi connectivity index (χ4n) is 2.42. The number of hydrogen-bond acceptors (Lipinski definition) is 9. The van der Waals surface area contributed by atoms with Gasteiger partial charge in [0, 0.05) is 17.8 Å². The second-order valence-corrected chi connectivity index (χ2v) is 8.55. The summed E-state index contributed by atoms with van der Waals surface area (Å²) in [6.45, 7) is 4.19. The smallest absolute Gasteiger partial charge is 0.271 e. The second-order valence-electron chi connectivity index (χ2n) is 5.98. The number of rotatable bonds is 9. The Kier molecular flexibility index (Phi) is 7.20. The van der Waals surface area contributed by atoms with E-state index in [1.54, 1.807) is 13.0 Å². The van der Waals surface area contributed by atoms with E-state index in [1.165, 1.54) is 41.3 Å². The van der Waals surface area contributed by atoms with Crippen LogP contribution in [0.4, 0.5) is 22.2 Å². The van der Waals surface area contributed by atoms with Crippen LogP contribution in [0.2, 0.25) is 0 Å². The molecule has 11 heteroatoms. The van der Waals surface area contributed by atoms with Crippen molar-refractivity contribution in [1.29, 1.82) is 0 Å². The van der Waals surface area contributed by atoms with Crippen molar-refractivity contribution in [3.05, 3.63) is 58.6 Å². The molecule has 2 N–H and O–H groups in total. The van der Waals surface area contributed by atoms with Crippen molar-refractivity contribution >= 4 is 51.2 Å². The third kappa shape index (κ3) is 5.67. The van der Waals surface area contributed by atoms with Crippen LogP contribution in [0.3, 0.4) is 0 Å². The first kappa shape index (κ1) is 21.5. The van der Waals surface area contributed by atoms with Gasteiger partial charge in [0.05, 0.1) is 22.5 Å². The van der Waals surface area contributed by atoms with Crippen LogP contribution in [-0.4, -0.2) is 32.9 Å². The number of non-ortho nitro benzene ring substituents is 1. The molecule has 0 fully saturated rings. The van der Waals surface area contributed by atoms with Crippen LogP contribution in [0.25, 0.3) is 0 Å². The number of nitrogens with one attached hydrogen (secondary N) is 2. The fourth-order valence-corrected chi connectivity index (χ4v) is 4.33. The van der Waals surface area contributed by atoms with Crippen LogP contribution < -0.4 is 15.4 Å². The molecular formula is C19H19N5O4S2. The number of aromatic nitrogens is 2. The van der Waals surface area contributed by atoms with Crippen LogP contribution in [0.15, 0.2) is 52.9 Å². The van der Waals surface area contributed by atoms with Gasteiger partial charge in [0.25, 0.3) is 5.69 Å². The molecule has 3 rings (SSSR count). The highest BCUT2D eigenvalue weighted by Gasteiger charge is 2.18. The van der Waals surface area contributed by atoms with Gasteiger partial charge in [0.1, 0.15) is 5.75 Å². The molecule has 1 amide bonds. The lowest BCUT2D eigenvalue weighted by Crippen LogP contribution is -2.22. The largest absolute Gasteiger partial charge is 0.492 e. The van der Waals surface area contributed by atoms with Gasteiger partial charge in [0.2, 0.25) is 11.0 Å². The third-order valence-corrected chi connectivity index (χ3v) is 5.83. The van der Waals surface area contributed by atoms with E-state index in [-0.39, 0.29) is 11.6 Å². The molecule has 0 saturated heterocycles. The molecule has 0 aliphatic carbocycles. The molecule has 1 aromatic heterocycles. The van der Waals surface area contributed by atoms with E-state index in [9.17, 15) is 14.9 Å². The van der Waals surface area contributed by atoms with Crippen molar-refractivity contribution in [3.63, 3.8) is 0 Å². The van der Waals surface area contributed by atoms with E-state index in [1.807, 2.05) is 31.2 Å². The SMILES string of the molecule is CCOc1ccccc1Nc1nnc(SC(C)C(=O)Nc2cccc([N+](=O)[O-])c2)s1. The number of nitro groups is 1. The number of nitrogens with zero attached hydrogens (tertiary/aromatic N) is 3. The average molecular weight is 446 g/mol. The Bertz CT molecular complexity index is 1040. The summed E-state index contributed by atoms with van der Waals surface area (Å²) < 4.78 is 6.20. The summed E-state index contributed by atoms with van der Waals surface area (Å²) in [6, 6.07) is 13.3. The van der Waals surface area contributed by atoms with Crippen molar-refractivity contribution in [2.75, 3.05) is 17.2 Å². The zero-order chi connectivity index (χ0) is 21.5. The van der Waals surface area contributed by atoms with Gasteiger partial charge in [-0.25, -0.2) is 0 Å². The molecule has 0 bridgehead atoms. The van der Waals surface area contributed by atoms with E-state index in [0.717, 1.165) is 5.69 Å². The number of hydrogen-bond donors (Lipinski definition) is 2. The minimum Gasteiger partial charge on any atom is -0.492 e. The summed E-state index contributed by atoms with van der Waals surface area (Å²) in [5.74, 6) is 0.431. The predicted octanol–water partition coefficient (Wildman–Crippen LogP) is 4.71. The first-order valence-electron chi connectivity index (χ1n) is 9.00. The normalized spacial score (nSPS) is 11.5. The lowest BCUT2D eigenvalue weighted by molar-refractivity contribution is -0.384. The second kappa shape index (κ2) is 10.0. The quantitative estimate of drug-likeness (QED) is 0.276. The molecule has 2 aromatic carbocycles. The molecule has 0 aliphatic heterocycles. The first-order chi connectivity index (χ1) is 14.5. The van der Waals surface area contributed by atoms with E-state index in [4.69, 9.17) is 4.74 Å². The number of para-hydroxylation sites is 2. The first-order valence-corrected chi connectivity index (χ1v) is 10.7. The molecule has 0 saturated carbocycles. The van der Waals surface area contributed by atoms with Gasteiger partial charge in [-0.15, -0.1) is 10.2 Å². The molecule has 1 unspecified atom stereocenters. The number of carbonyl (C=O) groups is 1. The molecular weight excluding hydrogens is 426 g/mol. The standard InChI is InChI=1S/C19H19N5O4S2/c1-3-28-16-10-5-4-9-15(16)21-18-22-23-19(30-18)29-12(2)17(25)20-13-7-6-8-14(11-13)24(26)27/h4-12H,3H2,1-2H3,(H,20,25)(H,21,22). The lowest BCUT2D eigenvalue weighted by atomic mass is 10.2. The average Bonchev–Trinajstić information content (AvgIpc) is 3.16. The van der Waals surface area contributed by atoms with Gasteiger partial charge >= 0.3 is 0 Å². The molecule has 1 heterocycles. The van der Waals surface area contributed by atoms with E-state index in [2.05, 4.69) is 20.8 Å². The molecule has 0 radical (unpaired) electrons. The Morgan fingerprint density at radius 2 is 2.07 bits per heavy atom. The van der Waals surface area contributed by atoms with Gasteiger partial charge in [-0.05, 0) is 32.0 Å². The topological polar surface area (TPSA) is 119 Å². The molecule has 0 aliphatic rings. The number of ether oxygens (including phenoxy) is 1. The molecule has 30 heavy (non-hydrogen) atoms. The zero-order valence-corrected chi connectivity index (χ0v) is 17.8. The highest BCUT2D eigenvalue weighted by molar-refractivity contribution is 8.02. The maximum atomic E-state index is 12.4. The van der Waals surface area contributed by atoms with Crippen LogP contribution in [0.1, 0.15) is 13.8 Å². The van der Waals surface area contributed by atoms with Gasteiger partial charge in [-0.3, -0.25) is 14.9 Å². The molecule has 1 atom stereocenters. The summed E-state index contributed by atoms with van der Waals surface area (Å²) >= 11 is 2.57. The Balaban J connectivity index is 1.60. The van der Waals surface area contributed by atoms with Gasteiger partial charge in [-0.1, -0.05) is 41.3 Å². The van der Waals surface area contributed by atoms with Crippen LogP contribution in [0.5, 0.6) is 5.75 Å². The Morgan fingerprint density at radius 1 is 1.27 bits per heavy atom. The Hall–Kier alpha value is -3.18. The summed E-state index contributed by atoms with van der Waals surface area (Å²) in [6.07, 6.45) is 0. The van der Waals surface area contributed by atoms with Gasteiger partial charge in [0.15, 0.2) is 4.34 Å². The number of amides is 1. The summed E-state index contributed by atoms with van der Waals surface area (Å²) in [5, 5.41) is 25.1. The van der Waals surface area contributed by atoms with Crippen molar-refractivity contribution in [1.82, 2.24) is 10.2 Å². The maximum Gasteiger partial charge on any atom is 0.271 e.